The molecule has 1 aliphatic rings. The van der Waals surface area contributed by atoms with Crippen LogP contribution in [0.1, 0.15) is 16.5 Å². The molecule has 23 heavy (non-hydrogen) atoms. The number of hydrogen-bond donors (Lipinski definition) is 0. The zero-order valence-corrected chi connectivity index (χ0v) is 15.3. The van der Waals surface area contributed by atoms with Crippen LogP contribution in [0.25, 0.3) is 0 Å². The third-order valence-electron chi connectivity index (χ3n) is 3.88. The number of amides is 1. The van der Waals surface area contributed by atoms with E-state index in [-0.39, 0.29) is 11.3 Å². The monoisotopic (exact) mass is 391 g/mol. The Hall–Kier alpha value is -1.46. The smallest absolute Gasteiger partial charge is 0.228 e. The average molecular weight is 392 g/mol. The molecular formula is C18H18BrNO2S. The van der Waals surface area contributed by atoms with E-state index in [1.165, 1.54) is 5.56 Å². The molecule has 1 aliphatic heterocycles. The van der Waals surface area contributed by atoms with Crippen LogP contribution in [0.3, 0.4) is 0 Å². The summed E-state index contributed by atoms with van der Waals surface area (Å²) in [5.41, 5.74) is 2.20. The minimum atomic E-state index is 0.119. The average Bonchev–Trinajstić information content (AvgIpc) is 3.06. The quantitative estimate of drug-likeness (QED) is 0.778. The predicted molar refractivity (Wildman–Crippen MR) is 97.8 cm³/mol. The van der Waals surface area contributed by atoms with E-state index in [9.17, 15) is 4.79 Å². The van der Waals surface area contributed by atoms with Crippen LogP contribution in [0.4, 0.5) is 0 Å². The zero-order valence-electron chi connectivity index (χ0n) is 12.9. The molecule has 0 spiro atoms. The summed E-state index contributed by atoms with van der Waals surface area (Å²) in [5.74, 6) is 1.97. The van der Waals surface area contributed by atoms with E-state index in [0.717, 1.165) is 28.1 Å². The number of ether oxygens (including phenoxy) is 1. The van der Waals surface area contributed by atoms with Gasteiger partial charge in [-0.1, -0.05) is 40.2 Å². The Kier molecular flexibility index (Phi) is 5.28. The molecule has 0 bridgehead atoms. The first-order valence-electron chi connectivity index (χ1n) is 7.47. The standard InChI is InChI=1S/C18H18BrNO2S/c1-22-16-8-2-13(3-9-16)12-17(21)20-10-11-23-18(20)14-4-6-15(19)7-5-14/h2-9,18H,10-12H2,1H3. The van der Waals surface area contributed by atoms with Gasteiger partial charge in [-0.05, 0) is 35.4 Å². The first-order valence-corrected chi connectivity index (χ1v) is 9.31. The second-order valence-electron chi connectivity index (χ2n) is 5.39. The van der Waals surface area contributed by atoms with Gasteiger partial charge < -0.3 is 9.64 Å². The lowest BCUT2D eigenvalue weighted by molar-refractivity contribution is -0.130. The van der Waals surface area contributed by atoms with E-state index in [4.69, 9.17) is 4.74 Å². The molecule has 0 N–H and O–H groups in total. The van der Waals surface area contributed by atoms with Crippen molar-refractivity contribution in [1.82, 2.24) is 4.90 Å². The number of rotatable bonds is 4. The first-order chi connectivity index (χ1) is 11.2. The molecule has 1 unspecified atom stereocenters. The fourth-order valence-electron chi connectivity index (χ4n) is 2.65. The molecule has 0 aromatic heterocycles. The van der Waals surface area contributed by atoms with Crippen molar-refractivity contribution >= 4 is 33.6 Å². The van der Waals surface area contributed by atoms with Crippen molar-refractivity contribution in [2.45, 2.75) is 11.8 Å². The molecule has 0 aliphatic carbocycles. The number of hydrogen-bond acceptors (Lipinski definition) is 3. The molecule has 2 aromatic carbocycles. The van der Waals surface area contributed by atoms with Crippen molar-refractivity contribution in [3.8, 4) is 5.75 Å². The molecule has 3 rings (SSSR count). The van der Waals surface area contributed by atoms with Crippen molar-refractivity contribution < 1.29 is 9.53 Å². The zero-order chi connectivity index (χ0) is 16.2. The molecule has 2 aromatic rings. The number of benzene rings is 2. The van der Waals surface area contributed by atoms with Gasteiger partial charge in [-0.3, -0.25) is 4.79 Å². The Morgan fingerprint density at radius 3 is 2.57 bits per heavy atom. The van der Waals surface area contributed by atoms with Crippen LogP contribution < -0.4 is 4.74 Å². The molecule has 3 nitrogen and oxygen atoms in total. The molecule has 1 saturated heterocycles. The van der Waals surface area contributed by atoms with E-state index < -0.39 is 0 Å². The van der Waals surface area contributed by atoms with Gasteiger partial charge in [0.15, 0.2) is 0 Å². The molecule has 1 atom stereocenters. The third kappa shape index (κ3) is 3.90. The molecule has 1 amide bonds. The lowest BCUT2D eigenvalue weighted by Crippen LogP contribution is -2.31. The van der Waals surface area contributed by atoms with Gasteiger partial charge >= 0.3 is 0 Å². The van der Waals surface area contributed by atoms with Gasteiger partial charge in [0.25, 0.3) is 0 Å². The number of methoxy groups -OCH3 is 1. The highest BCUT2D eigenvalue weighted by Crippen LogP contribution is 2.38. The van der Waals surface area contributed by atoms with Gasteiger partial charge in [0.1, 0.15) is 11.1 Å². The summed E-state index contributed by atoms with van der Waals surface area (Å²) in [7, 11) is 1.64. The van der Waals surface area contributed by atoms with Crippen molar-refractivity contribution in [2.75, 3.05) is 19.4 Å². The normalized spacial score (nSPS) is 17.3. The van der Waals surface area contributed by atoms with Crippen molar-refractivity contribution in [3.63, 3.8) is 0 Å². The maximum Gasteiger partial charge on any atom is 0.228 e. The Balaban J connectivity index is 1.71. The van der Waals surface area contributed by atoms with Crippen LogP contribution in [0.2, 0.25) is 0 Å². The van der Waals surface area contributed by atoms with Crippen LogP contribution in [0, 0.1) is 0 Å². The molecule has 5 heteroatoms. The van der Waals surface area contributed by atoms with Gasteiger partial charge in [-0.25, -0.2) is 0 Å². The first kappa shape index (κ1) is 16.4. The van der Waals surface area contributed by atoms with Gasteiger partial charge in [0.2, 0.25) is 5.91 Å². The van der Waals surface area contributed by atoms with Crippen LogP contribution >= 0.6 is 27.7 Å². The SMILES string of the molecule is COc1ccc(CC(=O)N2CCSC2c2ccc(Br)cc2)cc1. The van der Waals surface area contributed by atoms with Crippen molar-refractivity contribution in [3.05, 3.63) is 64.1 Å². The highest BCUT2D eigenvalue weighted by atomic mass is 79.9. The van der Waals surface area contributed by atoms with Crippen LogP contribution in [0.5, 0.6) is 5.75 Å². The van der Waals surface area contributed by atoms with Gasteiger partial charge in [0, 0.05) is 16.8 Å². The fraction of sp³-hybridized carbons (Fsp3) is 0.278. The molecule has 0 saturated carbocycles. The largest absolute Gasteiger partial charge is 0.497 e. The maximum absolute atomic E-state index is 12.7. The molecular weight excluding hydrogens is 374 g/mol. The minimum absolute atomic E-state index is 0.119. The Bertz CT molecular complexity index is 672. The van der Waals surface area contributed by atoms with E-state index in [1.54, 1.807) is 7.11 Å². The third-order valence-corrected chi connectivity index (χ3v) is 5.67. The summed E-state index contributed by atoms with van der Waals surface area (Å²) in [6, 6.07) is 15.9. The number of halogens is 1. The molecule has 0 radical (unpaired) electrons. The molecule has 1 heterocycles. The number of nitrogens with zero attached hydrogens (tertiary/aromatic N) is 1. The Morgan fingerprint density at radius 1 is 1.22 bits per heavy atom. The second-order valence-corrected chi connectivity index (χ2v) is 7.49. The van der Waals surface area contributed by atoms with Crippen LogP contribution in [0.15, 0.2) is 53.0 Å². The summed E-state index contributed by atoms with van der Waals surface area (Å²) in [6.07, 6.45) is 0.428. The highest BCUT2D eigenvalue weighted by Gasteiger charge is 2.30. The van der Waals surface area contributed by atoms with Crippen LogP contribution in [-0.4, -0.2) is 30.2 Å². The number of thioether (sulfide) groups is 1. The predicted octanol–water partition coefficient (Wildman–Crippen LogP) is 4.27. The fourth-order valence-corrected chi connectivity index (χ4v) is 4.19. The Morgan fingerprint density at radius 2 is 1.91 bits per heavy atom. The lowest BCUT2D eigenvalue weighted by atomic mass is 10.1. The van der Waals surface area contributed by atoms with Crippen molar-refractivity contribution in [2.24, 2.45) is 0 Å². The van der Waals surface area contributed by atoms with Gasteiger partial charge in [0.05, 0.1) is 13.5 Å². The topological polar surface area (TPSA) is 29.5 Å². The summed E-state index contributed by atoms with van der Waals surface area (Å²) >= 11 is 5.28. The molecule has 120 valence electrons. The number of carbonyl (C=O) groups excluding carboxylic acids is 1. The summed E-state index contributed by atoms with van der Waals surface area (Å²) in [5, 5.41) is 0.119. The lowest BCUT2D eigenvalue weighted by Gasteiger charge is -2.24. The van der Waals surface area contributed by atoms with E-state index in [1.807, 2.05) is 53.1 Å². The summed E-state index contributed by atoms with van der Waals surface area (Å²) in [4.78, 5) is 14.7. The molecule has 1 fully saturated rings. The van der Waals surface area contributed by atoms with Crippen molar-refractivity contribution in [1.29, 1.82) is 0 Å². The Labute approximate surface area is 149 Å². The van der Waals surface area contributed by atoms with E-state index in [2.05, 4.69) is 28.1 Å². The van der Waals surface area contributed by atoms with Gasteiger partial charge in [-0.2, -0.15) is 0 Å². The second kappa shape index (κ2) is 7.41. The van der Waals surface area contributed by atoms with E-state index >= 15 is 0 Å². The maximum atomic E-state index is 12.7. The summed E-state index contributed by atoms with van der Waals surface area (Å²) < 4.78 is 6.21. The van der Waals surface area contributed by atoms with E-state index in [0.29, 0.717) is 6.42 Å². The highest BCUT2D eigenvalue weighted by molar-refractivity contribution is 9.10. The van der Waals surface area contributed by atoms with Gasteiger partial charge in [-0.15, -0.1) is 11.8 Å². The summed E-state index contributed by atoms with van der Waals surface area (Å²) in [6.45, 7) is 0.806. The minimum Gasteiger partial charge on any atom is -0.497 e. The number of carbonyl (C=O) groups is 1. The van der Waals surface area contributed by atoms with Crippen LogP contribution in [-0.2, 0) is 11.2 Å².